The molecule has 3 heteroatoms. The number of hydrogen-bond donors (Lipinski definition) is 3. The molecule has 0 amide bonds. The van der Waals surface area contributed by atoms with E-state index in [0.717, 1.165) is 24.9 Å². The van der Waals surface area contributed by atoms with Crippen LogP contribution in [-0.4, -0.2) is 22.4 Å². The van der Waals surface area contributed by atoms with E-state index in [1.807, 2.05) is 24.3 Å². The molecular formula is C15H23NO2. The third-order valence-corrected chi connectivity index (χ3v) is 3.99. The highest BCUT2D eigenvalue weighted by molar-refractivity contribution is 5.22. The van der Waals surface area contributed by atoms with Crippen LogP contribution < -0.4 is 5.32 Å². The predicted molar refractivity (Wildman–Crippen MR) is 72.1 cm³/mol. The maximum atomic E-state index is 9.61. The molecule has 0 spiro atoms. The minimum absolute atomic E-state index is 0.0755. The maximum absolute atomic E-state index is 9.61. The molecule has 0 bridgehead atoms. The fraction of sp³-hybridized carbons (Fsp3) is 0.600. The zero-order chi connectivity index (χ0) is 12.8. The van der Waals surface area contributed by atoms with Crippen LogP contribution >= 0.6 is 0 Å². The maximum Gasteiger partial charge on any atom is 0.0681 e. The van der Waals surface area contributed by atoms with Crippen LogP contribution in [0.15, 0.2) is 24.3 Å². The molecule has 3 nitrogen and oxygen atoms in total. The quantitative estimate of drug-likeness (QED) is 0.748. The van der Waals surface area contributed by atoms with Gasteiger partial charge in [0.1, 0.15) is 0 Å². The number of nitrogens with one attached hydrogen (secondary N) is 1. The molecule has 0 atom stereocenters. The Bertz CT molecular complexity index is 355. The Kier molecular flexibility index (Phi) is 4.75. The summed E-state index contributed by atoms with van der Waals surface area (Å²) in [7, 11) is 0. The van der Waals surface area contributed by atoms with Gasteiger partial charge in [0, 0.05) is 12.1 Å². The third-order valence-electron chi connectivity index (χ3n) is 3.99. The molecule has 1 fully saturated rings. The highest BCUT2D eigenvalue weighted by Gasteiger charge is 2.30. The van der Waals surface area contributed by atoms with Gasteiger partial charge in [-0.25, -0.2) is 0 Å². The second kappa shape index (κ2) is 6.32. The summed E-state index contributed by atoms with van der Waals surface area (Å²) in [6.07, 6.45) is 5.83. The number of rotatable bonds is 5. The summed E-state index contributed by atoms with van der Waals surface area (Å²) in [5.74, 6) is 0. The van der Waals surface area contributed by atoms with Crippen molar-refractivity contribution in [1.29, 1.82) is 0 Å². The van der Waals surface area contributed by atoms with Gasteiger partial charge in [0.05, 0.1) is 13.2 Å². The lowest BCUT2D eigenvalue weighted by molar-refractivity contribution is 0.119. The van der Waals surface area contributed by atoms with E-state index >= 15 is 0 Å². The minimum atomic E-state index is -0.0755. The number of hydrogen-bond acceptors (Lipinski definition) is 3. The van der Waals surface area contributed by atoms with Crippen molar-refractivity contribution in [3.63, 3.8) is 0 Å². The summed E-state index contributed by atoms with van der Waals surface area (Å²) in [5.41, 5.74) is 2.06. The lowest BCUT2D eigenvalue weighted by Crippen LogP contribution is -2.49. The molecule has 1 aromatic rings. The van der Waals surface area contributed by atoms with Crippen LogP contribution in [0.4, 0.5) is 0 Å². The first-order valence-electron chi connectivity index (χ1n) is 6.83. The molecule has 1 aromatic carbocycles. The van der Waals surface area contributed by atoms with Gasteiger partial charge in [0.15, 0.2) is 0 Å². The van der Waals surface area contributed by atoms with Gasteiger partial charge in [-0.2, -0.15) is 0 Å². The molecular weight excluding hydrogens is 226 g/mol. The largest absolute Gasteiger partial charge is 0.394 e. The van der Waals surface area contributed by atoms with Crippen molar-refractivity contribution in [2.24, 2.45) is 0 Å². The first-order chi connectivity index (χ1) is 8.78. The van der Waals surface area contributed by atoms with Crippen molar-refractivity contribution in [2.75, 3.05) is 6.61 Å². The van der Waals surface area contributed by atoms with Crippen LogP contribution in [-0.2, 0) is 13.2 Å². The lowest BCUT2D eigenvalue weighted by atomic mass is 9.82. The summed E-state index contributed by atoms with van der Waals surface area (Å²) < 4.78 is 0. The van der Waals surface area contributed by atoms with Gasteiger partial charge in [-0.15, -0.1) is 0 Å². The normalized spacial score (nSPS) is 18.8. The van der Waals surface area contributed by atoms with Crippen molar-refractivity contribution in [2.45, 2.75) is 50.8 Å². The van der Waals surface area contributed by atoms with E-state index in [2.05, 4.69) is 5.32 Å². The molecule has 0 saturated heterocycles. The highest BCUT2D eigenvalue weighted by atomic mass is 16.3. The van der Waals surface area contributed by atoms with E-state index in [4.69, 9.17) is 5.11 Å². The van der Waals surface area contributed by atoms with Crippen molar-refractivity contribution in [1.82, 2.24) is 5.32 Å². The van der Waals surface area contributed by atoms with E-state index < -0.39 is 0 Å². The predicted octanol–water partition coefficient (Wildman–Crippen LogP) is 1.96. The minimum Gasteiger partial charge on any atom is -0.394 e. The Hall–Kier alpha value is -0.900. The number of aliphatic hydroxyl groups excluding tert-OH is 2. The molecule has 0 aliphatic heterocycles. The summed E-state index contributed by atoms with van der Waals surface area (Å²) >= 11 is 0. The lowest BCUT2D eigenvalue weighted by Gasteiger charge is -2.36. The van der Waals surface area contributed by atoms with E-state index in [1.165, 1.54) is 24.8 Å². The molecule has 0 aromatic heterocycles. The van der Waals surface area contributed by atoms with E-state index in [-0.39, 0.29) is 18.8 Å². The topological polar surface area (TPSA) is 52.5 Å². The van der Waals surface area contributed by atoms with Gasteiger partial charge >= 0.3 is 0 Å². The van der Waals surface area contributed by atoms with E-state index in [1.54, 1.807) is 0 Å². The summed E-state index contributed by atoms with van der Waals surface area (Å²) in [5, 5.41) is 22.1. The first kappa shape index (κ1) is 13.5. The zero-order valence-electron chi connectivity index (χ0n) is 10.9. The standard InChI is InChI=1S/C15H23NO2/c17-11-14-6-4-13(5-7-14)10-16-15(12-18)8-2-1-3-9-15/h4-7,16-18H,1-3,8-12H2. The van der Waals surface area contributed by atoms with Gasteiger partial charge in [-0.1, -0.05) is 43.5 Å². The highest BCUT2D eigenvalue weighted by Crippen LogP contribution is 2.28. The van der Waals surface area contributed by atoms with Crippen LogP contribution in [0, 0.1) is 0 Å². The summed E-state index contributed by atoms with van der Waals surface area (Å²) in [6.45, 7) is 1.10. The molecule has 1 aliphatic carbocycles. The molecule has 2 rings (SSSR count). The second-order valence-electron chi connectivity index (χ2n) is 5.33. The molecule has 18 heavy (non-hydrogen) atoms. The number of benzene rings is 1. The third kappa shape index (κ3) is 3.31. The Morgan fingerprint density at radius 1 is 0.944 bits per heavy atom. The molecule has 0 heterocycles. The molecule has 0 radical (unpaired) electrons. The van der Waals surface area contributed by atoms with E-state index in [9.17, 15) is 5.11 Å². The Morgan fingerprint density at radius 3 is 2.11 bits per heavy atom. The molecule has 100 valence electrons. The SMILES string of the molecule is OCc1ccc(CNC2(CO)CCCCC2)cc1. The second-order valence-corrected chi connectivity index (χ2v) is 5.33. The van der Waals surface area contributed by atoms with Gasteiger partial charge in [-0.05, 0) is 24.0 Å². The van der Waals surface area contributed by atoms with E-state index in [0.29, 0.717) is 0 Å². The fourth-order valence-corrected chi connectivity index (χ4v) is 2.67. The molecule has 3 N–H and O–H groups in total. The van der Waals surface area contributed by atoms with Crippen LogP contribution in [0.25, 0.3) is 0 Å². The van der Waals surface area contributed by atoms with Gasteiger partial charge < -0.3 is 15.5 Å². The summed E-state index contributed by atoms with van der Waals surface area (Å²) in [6, 6.07) is 7.96. The van der Waals surface area contributed by atoms with Crippen molar-refractivity contribution in [3.8, 4) is 0 Å². The molecule has 1 saturated carbocycles. The molecule has 0 unspecified atom stereocenters. The number of aliphatic hydroxyl groups is 2. The smallest absolute Gasteiger partial charge is 0.0681 e. The Morgan fingerprint density at radius 2 is 1.56 bits per heavy atom. The Labute approximate surface area is 109 Å². The van der Waals surface area contributed by atoms with Crippen LogP contribution in [0.3, 0.4) is 0 Å². The van der Waals surface area contributed by atoms with Crippen molar-refractivity contribution >= 4 is 0 Å². The zero-order valence-corrected chi connectivity index (χ0v) is 10.9. The summed E-state index contributed by atoms with van der Waals surface area (Å²) in [4.78, 5) is 0. The van der Waals surface area contributed by atoms with Crippen LogP contribution in [0.5, 0.6) is 0 Å². The fourth-order valence-electron chi connectivity index (χ4n) is 2.67. The van der Waals surface area contributed by atoms with Crippen LogP contribution in [0.1, 0.15) is 43.2 Å². The van der Waals surface area contributed by atoms with Gasteiger partial charge in [-0.3, -0.25) is 0 Å². The van der Waals surface area contributed by atoms with Crippen LogP contribution in [0.2, 0.25) is 0 Å². The average molecular weight is 249 g/mol. The average Bonchev–Trinajstić information content (AvgIpc) is 2.47. The molecule has 1 aliphatic rings. The first-order valence-corrected chi connectivity index (χ1v) is 6.83. The Balaban J connectivity index is 1.92. The van der Waals surface area contributed by atoms with Gasteiger partial charge in [0.2, 0.25) is 0 Å². The van der Waals surface area contributed by atoms with Crippen molar-refractivity contribution < 1.29 is 10.2 Å². The monoisotopic (exact) mass is 249 g/mol. The van der Waals surface area contributed by atoms with Gasteiger partial charge in [0.25, 0.3) is 0 Å². The van der Waals surface area contributed by atoms with Crippen molar-refractivity contribution in [3.05, 3.63) is 35.4 Å².